The fourth-order valence-electron chi connectivity index (χ4n) is 13.4. The number of piperidine rings is 2. The van der Waals surface area contributed by atoms with Crippen molar-refractivity contribution in [3.05, 3.63) is 104 Å². The van der Waals surface area contributed by atoms with Crippen molar-refractivity contribution in [2.24, 2.45) is 33.0 Å². The number of aliphatic hydroxyl groups excluding tert-OH is 1. The maximum absolute atomic E-state index is 11.7. The summed E-state index contributed by atoms with van der Waals surface area (Å²) in [5, 5.41) is 22.1. The van der Waals surface area contributed by atoms with E-state index in [1.165, 1.54) is 93.2 Å². The first-order valence-corrected chi connectivity index (χ1v) is 23.9. The molecule has 5 aromatic rings. The van der Waals surface area contributed by atoms with E-state index in [-0.39, 0.29) is 40.5 Å². The van der Waals surface area contributed by atoms with Gasteiger partial charge in [0.25, 0.3) is 5.56 Å². The number of methoxy groups -OCH3 is 2. The first-order valence-electron chi connectivity index (χ1n) is 23.9. The van der Waals surface area contributed by atoms with Gasteiger partial charge in [0.1, 0.15) is 17.6 Å². The Balaban J connectivity index is 0.000000116. The second-order valence-corrected chi connectivity index (χ2v) is 20.0. The van der Waals surface area contributed by atoms with E-state index < -0.39 is 0 Å². The third kappa shape index (κ3) is 7.80. The highest BCUT2D eigenvalue weighted by molar-refractivity contribution is 5.88. The van der Waals surface area contributed by atoms with Crippen LogP contribution < -0.4 is 30.8 Å². The first kappa shape index (κ1) is 46.5. The van der Waals surface area contributed by atoms with Crippen LogP contribution in [0, 0.1) is 11.8 Å². The molecule has 3 aromatic carbocycles. The van der Waals surface area contributed by atoms with Gasteiger partial charge < -0.3 is 44.1 Å². The number of anilines is 1. The zero-order chi connectivity index (χ0) is 47.5. The number of nitrogens with one attached hydrogen (secondary N) is 1. The van der Waals surface area contributed by atoms with Crippen molar-refractivity contribution in [1.82, 2.24) is 28.5 Å². The number of fused-ring (bicyclic) bond motifs is 2. The van der Waals surface area contributed by atoms with E-state index in [9.17, 15) is 19.5 Å². The van der Waals surface area contributed by atoms with Gasteiger partial charge >= 0.3 is 5.69 Å². The number of aromatic hydroxyl groups is 1. The van der Waals surface area contributed by atoms with E-state index in [0.29, 0.717) is 34.2 Å². The second-order valence-electron chi connectivity index (χ2n) is 20.0. The number of ether oxygens (including phenoxy) is 3. The Hall–Kier alpha value is -5.64. The standard InChI is InChI=1S/C18H23NO3.C18H25NO.C8H10N4O2.C8H9NO2/c1-19-8-7-18-11-4-5-13(20)17(18)22-16-14(21-2)6-3-10(15(16)18)9-12(11)19;1-19-10-9-18-8-4-3-5-15(18)17(19)11-13-6-7-14(20-2)12-16(13)18;1-10-4-9-6-5(10)7(13)12(3)8(14)11(6)2;1-6(10)9-7-2-4-8(11)5-3-7/h3,6,11-13,17,20H,4-5,7-9H2,1-2H3;6-7,12,15,17H,3-5,8-11H2,1-2H3;4H,1-3H3;2-5,11H,1H3,(H,9,10)/t11-,12+,13-,17-,18-;15-,17+,18+;;/m01../s1. The van der Waals surface area contributed by atoms with Crippen molar-refractivity contribution in [2.75, 3.05) is 46.7 Å². The van der Waals surface area contributed by atoms with E-state index in [1.807, 2.05) is 6.07 Å². The van der Waals surface area contributed by atoms with Gasteiger partial charge in [-0.25, -0.2) is 9.78 Å². The Labute approximate surface area is 392 Å². The summed E-state index contributed by atoms with van der Waals surface area (Å²) in [4.78, 5) is 42.8. The van der Waals surface area contributed by atoms with Crippen molar-refractivity contribution >= 4 is 22.8 Å². The van der Waals surface area contributed by atoms with Crippen LogP contribution in [0.3, 0.4) is 0 Å². The molecule has 5 heterocycles. The van der Waals surface area contributed by atoms with Crippen LogP contribution in [0.4, 0.5) is 5.69 Å². The molecule has 2 saturated heterocycles. The van der Waals surface area contributed by atoms with Crippen LogP contribution in [0.15, 0.2) is 70.5 Å². The molecule has 4 bridgehead atoms. The number of benzene rings is 3. The Kier molecular flexibility index (Phi) is 12.6. The summed E-state index contributed by atoms with van der Waals surface area (Å²) in [6.07, 6.45) is 13.4. The summed E-state index contributed by atoms with van der Waals surface area (Å²) < 4.78 is 21.5. The molecule has 2 saturated carbocycles. The van der Waals surface area contributed by atoms with Crippen molar-refractivity contribution in [2.45, 2.75) is 106 Å². The summed E-state index contributed by atoms with van der Waals surface area (Å²) in [6.45, 7) is 3.79. The van der Waals surface area contributed by atoms with Crippen LogP contribution in [0.25, 0.3) is 11.2 Å². The number of aromatic nitrogens is 4. The van der Waals surface area contributed by atoms with E-state index in [4.69, 9.17) is 19.3 Å². The summed E-state index contributed by atoms with van der Waals surface area (Å²) in [5.74, 6) is 4.33. The highest BCUT2D eigenvalue weighted by atomic mass is 16.5. The van der Waals surface area contributed by atoms with Gasteiger partial charge in [-0.05, 0) is 150 Å². The molecule has 15 heteroatoms. The van der Waals surface area contributed by atoms with E-state index in [2.05, 4.69) is 58.5 Å². The topological polar surface area (TPSA) is 166 Å². The fourth-order valence-corrected chi connectivity index (χ4v) is 13.4. The monoisotopic (exact) mass is 918 g/mol. The molecule has 3 N–H and O–H groups in total. The van der Waals surface area contributed by atoms with Crippen LogP contribution in [-0.4, -0.2) is 110 Å². The van der Waals surface area contributed by atoms with Crippen LogP contribution in [0.5, 0.6) is 23.0 Å². The largest absolute Gasteiger partial charge is 0.508 e. The van der Waals surface area contributed by atoms with Gasteiger partial charge in [-0.3, -0.25) is 18.7 Å². The zero-order valence-corrected chi connectivity index (χ0v) is 40.3. The molecule has 4 fully saturated rings. The van der Waals surface area contributed by atoms with E-state index in [1.54, 1.807) is 56.1 Å². The molecule has 358 valence electrons. The summed E-state index contributed by atoms with van der Waals surface area (Å²) in [5.41, 5.74) is 7.32. The molecule has 12 rings (SSSR count). The number of carbonyl (C=O) groups excluding carboxylic acids is 1. The molecular formula is C52H67N7O8. The number of aliphatic hydroxyl groups is 1. The smallest absolute Gasteiger partial charge is 0.332 e. The number of imidazole rings is 1. The lowest BCUT2D eigenvalue weighted by Gasteiger charge is -2.58. The maximum atomic E-state index is 11.7. The third-order valence-corrected chi connectivity index (χ3v) is 16.6. The molecule has 3 aliphatic heterocycles. The van der Waals surface area contributed by atoms with Crippen LogP contribution in [0.1, 0.15) is 80.5 Å². The molecule has 67 heavy (non-hydrogen) atoms. The zero-order valence-electron chi connectivity index (χ0n) is 40.3. The number of phenolic OH excluding ortho intramolecular Hbond substituents is 1. The molecule has 4 aliphatic carbocycles. The number of rotatable bonds is 3. The number of carbonyl (C=O) groups is 1. The first-order chi connectivity index (χ1) is 32.1. The Morgan fingerprint density at radius 2 is 1.52 bits per heavy atom. The van der Waals surface area contributed by atoms with Gasteiger partial charge in [-0.15, -0.1) is 0 Å². The molecule has 1 spiro atoms. The van der Waals surface area contributed by atoms with Crippen LogP contribution in [-0.2, 0) is 49.6 Å². The second kappa shape index (κ2) is 18.1. The lowest BCUT2D eigenvalue weighted by Crippen LogP contribution is -2.66. The van der Waals surface area contributed by atoms with E-state index >= 15 is 0 Å². The molecular weight excluding hydrogens is 851 g/mol. The molecule has 0 radical (unpaired) electrons. The number of hydrogen-bond acceptors (Lipinski definition) is 11. The summed E-state index contributed by atoms with van der Waals surface area (Å²) in [6, 6.07) is 18.7. The highest BCUT2D eigenvalue weighted by Crippen LogP contribution is 2.64. The van der Waals surface area contributed by atoms with Gasteiger partial charge in [-0.1, -0.05) is 25.0 Å². The SMILES string of the molecule is CC(=O)Nc1ccc(O)cc1.COc1ccc2c(c1)[C@]13CCCC[C@@H]1[C@H](C2)N(C)CC3.COc1ccc2c3c1O[C@H]1[C@@H](O)CC[C@H]4[C@@H](C2)N(C)CC[C@@]341.Cn1c(=O)c2c(ncn2C)n(C)c1=O. The maximum Gasteiger partial charge on any atom is 0.332 e. The number of nitrogens with zero attached hydrogens (tertiary/aromatic N) is 6. The summed E-state index contributed by atoms with van der Waals surface area (Å²) in [7, 11) is 12.9. The average molecular weight is 918 g/mol. The predicted octanol–water partition coefficient (Wildman–Crippen LogP) is 5.43. The lowest BCUT2D eigenvalue weighted by atomic mass is 9.51. The van der Waals surface area contributed by atoms with Gasteiger partial charge in [0.05, 0.1) is 26.7 Å². The molecule has 15 nitrogen and oxygen atoms in total. The normalized spacial score (nSPS) is 28.3. The third-order valence-electron chi connectivity index (χ3n) is 16.6. The highest BCUT2D eigenvalue weighted by Gasteiger charge is 2.65. The number of likely N-dealkylation sites (tertiary alicyclic amines) is 2. The Morgan fingerprint density at radius 1 is 0.821 bits per heavy atom. The van der Waals surface area contributed by atoms with Gasteiger partial charge in [0, 0.05) is 62.2 Å². The van der Waals surface area contributed by atoms with Crippen LogP contribution in [0.2, 0.25) is 0 Å². The average Bonchev–Trinajstić information content (AvgIpc) is 3.90. The fraction of sp³-hybridized carbons (Fsp3) is 0.538. The quantitative estimate of drug-likeness (QED) is 0.198. The Morgan fingerprint density at radius 3 is 2.24 bits per heavy atom. The van der Waals surface area contributed by atoms with Crippen molar-refractivity contribution < 1.29 is 29.2 Å². The number of hydrogen-bond donors (Lipinski definition) is 3. The number of amides is 1. The van der Waals surface area contributed by atoms with Crippen LogP contribution >= 0.6 is 0 Å². The lowest BCUT2D eigenvalue weighted by molar-refractivity contribution is -0.114. The molecule has 2 aromatic heterocycles. The van der Waals surface area contributed by atoms with Gasteiger partial charge in [-0.2, -0.15) is 0 Å². The Bertz CT molecular complexity index is 2780. The summed E-state index contributed by atoms with van der Waals surface area (Å²) >= 11 is 0. The number of phenols is 1. The molecule has 1 amide bonds. The van der Waals surface area contributed by atoms with Crippen molar-refractivity contribution in [3.63, 3.8) is 0 Å². The minimum atomic E-state index is -0.360. The molecule has 7 aliphatic rings. The minimum absolute atomic E-state index is 0.00625. The van der Waals surface area contributed by atoms with E-state index in [0.717, 1.165) is 66.0 Å². The predicted molar refractivity (Wildman–Crippen MR) is 258 cm³/mol. The minimum Gasteiger partial charge on any atom is -0.508 e. The molecule has 8 atom stereocenters. The molecule has 0 unspecified atom stereocenters. The van der Waals surface area contributed by atoms with Crippen molar-refractivity contribution in [3.8, 4) is 23.0 Å². The van der Waals surface area contributed by atoms with Crippen molar-refractivity contribution in [1.29, 1.82) is 0 Å². The number of likely N-dealkylation sites (N-methyl/N-ethyl adjacent to an activating group) is 2. The van der Waals surface area contributed by atoms with Gasteiger partial charge in [0.15, 0.2) is 22.7 Å². The number of aryl methyl sites for hydroxylation is 2. The van der Waals surface area contributed by atoms with Gasteiger partial charge in [0.2, 0.25) is 5.91 Å².